The van der Waals surface area contributed by atoms with Crippen LogP contribution in [-0.2, 0) is 55.8 Å². The van der Waals surface area contributed by atoms with E-state index in [9.17, 15) is 43.5 Å². The molecule has 0 aliphatic rings. The number of hydrogen-bond donors (Lipinski definition) is 4. The Hall–Kier alpha value is -4.31. The predicted molar refractivity (Wildman–Crippen MR) is 399 cm³/mol. The molecule has 0 saturated heterocycles. The van der Waals surface area contributed by atoms with Gasteiger partial charge in [0.15, 0.2) is 6.10 Å². The number of esters is 3. The van der Waals surface area contributed by atoms with E-state index in [1.54, 1.807) is 0 Å². The zero-order chi connectivity index (χ0) is 70.9. The molecular formula is C79H134O16P2. The summed E-state index contributed by atoms with van der Waals surface area (Å²) in [6.45, 7) is 2.38. The molecule has 0 aromatic rings. The van der Waals surface area contributed by atoms with Gasteiger partial charge in [-0.15, -0.1) is 0 Å². The van der Waals surface area contributed by atoms with E-state index in [1.165, 1.54) is 64.2 Å². The number of aliphatic hydroxyl groups excluding tert-OH is 2. The number of phosphoric ester groups is 2. The number of carbonyl (C=O) groups is 3. The number of phosphoric acid groups is 2. The van der Waals surface area contributed by atoms with Crippen molar-refractivity contribution in [3.05, 3.63) is 134 Å². The van der Waals surface area contributed by atoms with E-state index in [4.69, 9.17) is 32.3 Å². The Morgan fingerprint density at radius 3 is 0.866 bits per heavy atom. The quantitative estimate of drug-likeness (QED) is 0.0146. The minimum Gasteiger partial charge on any atom is -0.463 e. The molecule has 0 spiro atoms. The second kappa shape index (κ2) is 71.5. The summed E-state index contributed by atoms with van der Waals surface area (Å²) in [5.74, 6) is -1.61. The molecule has 556 valence electrons. The number of allylic oxidation sites excluding steroid dienone is 22. The van der Waals surface area contributed by atoms with Crippen LogP contribution in [0.15, 0.2) is 134 Å². The number of carbonyl (C=O) groups excluding carboxylic acids is 3. The molecule has 0 saturated carbocycles. The first-order chi connectivity index (χ1) is 47.2. The van der Waals surface area contributed by atoms with Crippen molar-refractivity contribution < 1.29 is 75.8 Å². The van der Waals surface area contributed by atoms with Crippen molar-refractivity contribution in [2.45, 2.75) is 309 Å². The molecule has 5 unspecified atom stereocenters. The van der Waals surface area contributed by atoms with Crippen LogP contribution in [0.4, 0.5) is 0 Å². The maximum atomic E-state index is 12.9. The standard InChI is InChI=1S/C79H134O16P2/c1-4-7-10-13-16-19-22-25-28-30-32-33-34-35-36-37-38-39-41-43-45-47-50-53-56-59-62-65-77(82)89-68-74(80)69-91-96(85,86)92-70-75(81)71-93-97(87,88)94-73-76(95-79(84)67-64-61-58-55-52-49-44-27-24-21-18-15-12-9-6-3)72-90-78(83)66-63-60-57-54-51-48-46-42-40-31-29-26-23-20-17-14-11-8-5-2/h7,9-10,12,16-21,25-29,32-33,35-36,40,42,44,74-76,80-81H,4-6,8,11,13-15,22-24,30-31,34,37-39,41,43,45-73H2,1-3H3,(H,85,86)(H,87,88)/b10-7-,12-9-,19-16-,20-17-,21-18-,28-25-,29-26-,33-32-,36-35-,42-40-,44-27-. The molecule has 0 aliphatic carbocycles. The molecule has 16 nitrogen and oxygen atoms in total. The van der Waals surface area contributed by atoms with Crippen molar-refractivity contribution in [3.63, 3.8) is 0 Å². The molecule has 0 radical (unpaired) electrons. The van der Waals surface area contributed by atoms with E-state index >= 15 is 0 Å². The van der Waals surface area contributed by atoms with E-state index in [0.717, 1.165) is 167 Å². The Balaban J connectivity index is 4.58. The van der Waals surface area contributed by atoms with Gasteiger partial charge >= 0.3 is 33.6 Å². The van der Waals surface area contributed by atoms with Crippen molar-refractivity contribution in [2.75, 3.05) is 39.6 Å². The lowest BCUT2D eigenvalue weighted by molar-refractivity contribution is -0.161. The Morgan fingerprint density at radius 1 is 0.299 bits per heavy atom. The zero-order valence-electron chi connectivity index (χ0n) is 60.5. The summed E-state index contributed by atoms with van der Waals surface area (Å²) in [7, 11) is -9.80. The number of unbranched alkanes of at least 4 members (excludes halogenated alkanes) is 25. The van der Waals surface area contributed by atoms with Gasteiger partial charge in [0.1, 0.15) is 25.4 Å². The lowest BCUT2D eigenvalue weighted by atomic mass is 10.0. The van der Waals surface area contributed by atoms with E-state index < -0.39 is 91.5 Å². The van der Waals surface area contributed by atoms with E-state index in [1.807, 2.05) is 0 Å². The normalized spacial score (nSPS) is 14.8. The van der Waals surface area contributed by atoms with Gasteiger partial charge in [-0.25, -0.2) is 9.13 Å². The van der Waals surface area contributed by atoms with Crippen molar-refractivity contribution >= 4 is 33.6 Å². The topological polar surface area (TPSA) is 231 Å². The van der Waals surface area contributed by atoms with Crippen molar-refractivity contribution in [2.24, 2.45) is 0 Å². The van der Waals surface area contributed by atoms with Gasteiger partial charge in [-0.05, 0) is 135 Å². The number of aliphatic hydroxyl groups is 2. The van der Waals surface area contributed by atoms with Crippen molar-refractivity contribution in [1.29, 1.82) is 0 Å². The van der Waals surface area contributed by atoms with Gasteiger partial charge in [-0.3, -0.25) is 32.5 Å². The van der Waals surface area contributed by atoms with Crippen LogP contribution >= 0.6 is 15.6 Å². The molecule has 0 bridgehead atoms. The first-order valence-corrected chi connectivity index (χ1v) is 40.5. The fourth-order valence-electron chi connectivity index (χ4n) is 9.68. The van der Waals surface area contributed by atoms with Crippen LogP contribution in [0, 0.1) is 0 Å². The number of ether oxygens (including phenoxy) is 3. The molecule has 0 rings (SSSR count). The van der Waals surface area contributed by atoms with Gasteiger partial charge in [0.25, 0.3) is 0 Å². The van der Waals surface area contributed by atoms with Crippen LogP contribution in [-0.4, -0.2) is 95.9 Å². The van der Waals surface area contributed by atoms with Crippen molar-refractivity contribution in [3.8, 4) is 0 Å². The monoisotopic (exact) mass is 1400 g/mol. The van der Waals surface area contributed by atoms with Gasteiger partial charge in [-0.2, -0.15) is 0 Å². The third kappa shape index (κ3) is 72.8. The van der Waals surface area contributed by atoms with E-state index in [2.05, 4.69) is 154 Å². The van der Waals surface area contributed by atoms with Gasteiger partial charge in [-0.1, -0.05) is 270 Å². The molecule has 18 heteroatoms. The van der Waals surface area contributed by atoms with Gasteiger partial charge in [0.2, 0.25) is 0 Å². The summed E-state index contributed by atoms with van der Waals surface area (Å²) in [5.41, 5.74) is 0. The second-order valence-electron chi connectivity index (χ2n) is 24.7. The van der Waals surface area contributed by atoms with Gasteiger partial charge in [0, 0.05) is 19.3 Å². The Bertz CT molecular complexity index is 2300. The largest absolute Gasteiger partial charge is 0.472 e. The van der Waals surface area contributed by atoms with Crippen LogP contribution in [0.5, 0.6) is 0 Å². The van der Waals surface area contributed by atoms with Crippen LogP contribution in [0.3, 0.4) is 0 Å². The van der Waals surface area contributed by atoms with Crippen LogP contribution in [0.1, 0.15) is 290 Å². The highest BCUT2D eigenvalue weighted by Gasteiger charge is 2.29. The highest BCUT2D eigenvalue weighted by Crippen LogP contribution is 2.45. The molecule has 5 atom stereocenters. The third-order valence-corrected chi connectivity index (χ3v) is 17.2. The maximum Gasteiger partial charge on any atom is 0.472 e. The Labute approximate surface area is 588 Å². The third-order valence-electron chi connectivity index (χ3n) is 15.3. The number of rotatable bonds is 70. The summed E-state index contributed by atoms with van der Waals surface area (Å²) in [5, 5.41) is 20.6. The lowest BCUT2D eigenvalue weighted by Gasteiger charge is -2.21. The van der Waals surface area contributed by atoms with Gasteiger partial charge in [0.05, 0.1) is 26.4 Å². The SMILES string of the molecule is CC/C=C\C/C=C\C/C=C\C/C=C\C/C=C\CCCCCCCCCCCCCC(=O)OCC(O)COP(=O)(O)OCC(O)COP(=O)(O)OCC(COC(=O)CCCCCCCC/C=C\C/C=C\C/C=C\CCCCC)OC(=O)CCCCCCC/C=C\C/C=C\C/C=C\CC. The summed E-state index contributed by atoms with van der Waals surface area (Å²) in [6.07, 6.45) is 85.0. The van der Waals surface area contributed by atoms with Crippen LogP contribution < -0.4 is 0 Å². The Morgan fingerprint density at radius 2 is 0.546 bits per heavy atom. The average Bonchev–Trinajstić information content (AvgIpc) is 1.86. The van der Waals surface area contributed by atoms with E-state index in [-0.39, 0.29) is 19.3 Å². The highest BCUT2D eigenvalue weighted by atomic mass is 31.2. The molecular weight excluding hydrogens is 1270 g/mol. The lowest BCUT2D eigenvalue weighted by Crippen LogP contribution is -2.30. The molecule has 0 amide bonds. The molecule has 0 fully saturated rings. The molecule has 0 aromatic heterocycles. The second-order valence-corrected chi connectivity index (χ2v) is 27.6. The maximum absolute atomic E-state index is 12.9. The molecule has 0 aromatic carbocycles. The first-order valence-electron chi connectivity index (χ1n) is 37.5. The summed E-state index contributed by atoms with van der Waals surface area (Å²) in [6, 6.07) is 0. The van der Waals surface area contributed by atoms with E-state index in [0.29, 0.717) is 19.3 Å². The number of hydrogen-bond acceptors (Lipinski definition) is 14. The molecule has 0 aliphatic heterocycles. The zero-order valence-corrected chi connectivity index (χ0v) is 62.2. The van der Waals surface area contributed by atoms with Gasteiger partial charge < -0.3 is 34.2 Å². The fraction of sp³-hybridized carbons (Fsp3) is 0.684. The first kappa shape index (κ1) is 92.7. The fourth-order valence-corrected chi connectivity index (χ4v) is 11.3. The minimum atomic E-state index is -4.94. The summed E-state index contributed by atoms with van der Waals surface area (Å²) in [4.78, 5) is 58.5. The minimum absolute atomic E-state index is 0.0792. The van der Waals surface area contributed by atoms with Crippen LogP contribution in [0.25, 0.3) is 0 Å². The highest BCUT2D eigenvalue weighted by molar-refractivity contribution is 7.47. The molecule has 97 heavy (non-hydrogen) atoms. The predicted octanol–water partition coefficient (Wildman–Crippen LogP) is 21.5. The van der Waals surface area contributed by atoms with Crippen molar-refractivity contribution in [1.82, 2.24) is 0 Å². The summed E-state index contributed by atoms with van der Waals surface area (Å²) < 4.78 is 61.0. The Kier molecular flexibility index (Phi) is 68.3. The smallest absolute Gasteiger partial charge is 0.463 e. The van der Waals surface area contributed by atoms with Crippen LogP contribution in [0.2, 0.25) is 0 Å². The average molecular weight is 1400 g/mol. The summed E-state index contributed by atoms with van der Waals surface area (Å²) >= 11 is 0. The molecule has 0 heterocycles. The molecule has 4 N–H and O–H groups in total.